The molecule has 2 N–H and O–H groups in total. The average molecular weight is 230 g/mol. The number of aliphatic carboxylic acids is 1. The Labute approximate surface area is 87.0 Å². The minimum atomic E-state index is -3.84. The Balaban J connectivity index is 2.82. The van der Waals surface area contributed by atoms with Gasteiger partial charge >= 0.3 is 5.97 Å². The van der Waals surface area contributed by atoms with Crippen molar-refractivity contribution in [1.82, 2.24) is 4.98 Å². The van der Waals surface area contributed by atoms with Crippen LogP contribution >= 0.6 is 0 Å². The molecule has 0 atom stereocenters. The van der Waals surface area contributed by atoms with Crippen LogP contribution in [-0.2, 0) is 14.8 Å². The molecule has 6 nitrogen and oxygen atoms in total. The van der Waals surface area contributed by atoms with E-state index >= 15 is 0 Å². The highest BCUT2D eigenvalue weighted by atomic mass is 32.2. The third-order valence-corrected chi connectivity index (χ3v) is 2.64. The minimum absolute atomic E-state index is 0.260. The van der Waals surface area contributed by atoms with E-state index in [0.29, 0.717) is 0 Å². The first-order chi connectivity index (χ1) is 6.89. The highest BCUT2D eigenvalue weighted by Crippen LogP contribution is 2.09. The number of hydrogen-bond donors (Lipinski definition) is 2. The Morgan fingerprint density at radius 1 is 1.53 bits per heavy atom. The zero-order valence-electron chi connectivity index (χ0n) is 7.97. The molecule has 0 radical (unpaired) electrons. The molecule has 0 amide bonds. The maximum absolute atomic E-state index is 11.2. The summed E-state index contributed by atoms with van der Waals surface area (Å²) in [4.78, 5) is 14.0. The van der Waals surface area contributed by atoms with Crippen LogP contribution in [0.5, 0.6) is 0 Å². The highest BCUT2D eigenvalue weighted by molar-refractivity contribution is 7.93. The number of carboxylic acids is 1. The molecule has 0 aromatic carbocycles. The number of carbonyl (C=O) groups is 1. The topological polar surface area (TPSA) is 96.4 Å². The molecular weight excluding hydrogens is 220 g/mol. The Morgan fingerprint density at radius 3 is 2.73 bits per heavy atom. The van der Waals surface area contributed by atoms with Crippen molar-refractivity contribution in [3.05, 3.63) is 24.0 Å². The molecule has 7 heteroatoms. The number of anilines is 1. The molecule has 82 valence electrons. The van der Waals surface area contributed by atoms with Crippen molar-refractivity contribution in [3.8, 4) is 0 Å². The minimum Gasteiger partial charge on any atom is -0.480 e. The van der Waals surface area contributed by atoms with Gasteiger partial charge in [-0.2, -0.15) is 0 Å². The van der Waals surface area contributed by atoms with Crippen molar-refractivity contribution >= 4 is 21.7 Å². The number of carboxylic acid groups (broad SMARTS) is 1. The van der Waals surface area contributed by atoms with E-state index in [1.54, 1.807) is 19.2 Å². The molecule has 1 aromatic rings. The molecule has 1 rings (SSSR count). The van der Waals surface area contributed by atoms with Gasteiger partial charge in [0.1, 0.15) is 0 Å². The number of aromatic nitrogens is 1. The van der Waals surface area contributed by atoms with Gasteiger partial charge in [0.05, 0.1) is 11.9 Å². The SMILES string of the molecule is Cc1cncc(NS(=O)(=O)CC(=O)O)c1. The van der Waals surface area contributed by atoms with Gasteiger partial charge in [0.15, 0.2) is 5.75 Å². The van der Waals surface area contributed by atoms with Gasteiger partial charge in [0, 0.05) is 6.20 Å². The van der Waals surface area contributed by atoms with Crippen LogP contribution in [-0.4, -0.2) is 30.2 Å². The molecule has 0 spiro atoms. The first kappa shape index (κ1) is 11.4. The summed E-state index contributed by atoms with van der Waals surface area (Å²) in [5.41, 5.74) is 1.04. The van der Waals surface area contributed by atoms with Crippen LogP contribution in [0.4, 0.5) is 5.69 Å². The number of aryl methyl sites for hydroxylation is 1. The Bertz CT molecular complexity index is 469. The lowest BCUT2D eigenvalue weighted by Crippen LogP contribution is -2.22. The van der Waals surface area contributed by atoms with Gasteiger partial charge in [-0.05, 0) is 18.6 Å². The lowest BCUT2D eigenvalue weighted by Gasteiger charge is -2.05. The van der Waals surface area contributed by atoms with Crippen molar-refractivity contribution in [3.63, 3.8) is 0 Å². The highest BCUT2D eigenvalue weighted by Gasteiger charge is 2.15. The molecular formula is C8H10N2O4S. The molecule has 1 aromatic heterocycles. The second kappa shape index (κ2) is 4.26. The molecule has 0 bridgehead atoms. The van der Waals surface area contributed by atoms with E-state index in [1.165, 1.54) is 6.20 Å². The van der Waals surface area contributed by atoms with Crippen LogP contribution in [0.1, 0.15) is 5.56 Å². The molecule has 0 saturated heterocycles. The summed E-state index contributed by atoms with van der Waals surface area (Å²) in [6, 6.07) is 1.56. The number of pyridine rings is 1. The van der Waals surface area contributed by atoms with Gasteiger partial charge in [-0.25, -0.2) is 8.42 Å². The molecule has 0 aliphatic rings. The Hall–Kier alpha value is -1.63. The van der Waals surface area contributed by atoms with Gasteiger partial charge in [-0.15, -0.1) is 0 Å². The maximum Gasteiger partial charge on any atom is 0.320 e. The van der Waals surface area contributed by atoms with Gasteiger partial charge < -0.3 is 5.11 Å². The predicted molar refractivity (Wildman–Crippen MR) is 54.0 cm³/mol. The van der Waals surface area contributed by atoms with E-state index < -0.39 is 21.7 Å². The van der Waals surface area contributed by atoms with Gasteiger partial charge in [-0.1, -0.05) is 0 Å². The number of sulfonamides is 1. The standard InChI is InChI=1S/C8H10N2O4S/c1-6-2-7(4-9-3-6)10-15(13,14)5-8(11)12/h2-4,10H,5H2,1H3,(H,11,12). The predicted octanol–water partition coefficient (Wildman–Crippen LogP) is 0.216. The lowest BCUT2D eigenvalue weighted by atomic mass is 10.3. The van der Waals surface area contributed by atoms with E-state index in [0.717, 1.165) is 5.56 Å². The molecule has 0 saturated carbocycles. The van der Waals surface area contributed by atoms with Crippen molar-refractivity contribution < 1.29 is 18.3 Å². The lowest BCUT2D eigenvalue weighted by molar-refractivity contribution is -0.134. The molecule has 1 heterocycles. The van der Waals surface area contributed by atoms with E-state index in [9.17, 15) is 13.2 Å². The molecule has 0 aliphatic heterocycles. The molecule has 0 aliphatic carbocycles. The molecule has 0 fully saturated rings. The third-order valence-electron chi connectivity index (χ3n) is 1.46. The van der Waals surface area contributed by atoms with Crippen molar-refractivity contribution in [2.45, 2.75) is 6.92 Å². The normalized spacial score (nSPS) is 11.0. The van der Waals surface area contributed by atoms with Crippen LogP contribution in [0.3, 0.4) is 0 Å². The van der Waals surface area contributed by atoms with E-state index in [1.807, 2.05) is 0 Å². The average Bonchev–Trinajstić information content (AvgIpc) is 1.99. The zero-order valence-corrected chi connectivity index (χ0v) is 8.78. The van der Waals surface area contributed by atoms with Gasteiger partial charge in [0.2, 0.25) is 10.0 Å². The number of nitrogens with one attached hydrogen (secondary N) is 1. The maximum atomic E-state index is 11.2. The summed E-state index contributed by atoms with van der Waals surface area (Å²) in [5.74, 6) is -2.36. The molecule has 15 heavy (non-hydrogen) atoms. The van der Waals surface area contributed by atoms with Crippen molar-refractivity contribution in [2.24, 2.45) is 0 Å². The second-order valence-electron chi connectivity index (χ2n) is 3.01. The quantitative estimate of drug-likeness (QED) is 0.771. The van der Waals surface area contributed by atoms with E-state index in [2.05, 4.69) is 9.71 Å². The van der Waals surface area contributed by atoms with Crippen LogP contribution in [0.25, 0.3) is 0 Å². The van der Waals surface area contributed by atoms with Gasteiger partial charge in [0.25, 0.3) is 0 Å². The Morgan fingerprint density at radius 2 is 2.20 bits per heavy atom. The molecule has 0 unspecified atom stereocenters. The van der Waals surface area contributed by atoms with Crippen LogP contribution < -0.4 is 4.72 Å². The summed E-state index contributed by atoms with van der Waals surface area (Å²) in [7, 11) is -3.84. The summed E-state index contributed by atoms with van der Waals surface area (Å²) < 4.78 is 24.5. The largest absolute Gasteiger partial charge is 0.480 e. The van der Waals surface area contributed by atoms with E-state index in [4.69, 9.17) is 5.11 Å². The fourth-order valence-electron chi connectivity index (χ4n) is 0.989. The van der Waals surface area contributed by atoms with Crippen molar-refractivity contribution in [2.75, 3.05) is 10.5 Å². The first-order valence-electron chi connectivity index (χ1n) is 4.03. The fourth-order valence-corrected chi connectivity index (χ4v) is 1.86. The van der Waals surface area contributed by atoms with Crippen LogP contribution in [0, 0.1) is 6.92 Å². The van der Waals surface area contributed by atoms with Gasteiger partial charge in [-0.3, -0.25) is 14.5 Å². The van der Waals surface area contributed by atoms with Crippen molar-refractivity contribution in [1.29, 1.82) is 0 Å². The monoisotopic (exact) mass is 230 g/mol. The summed E-state index contributed by atoms with van der Waals surface area (Å²) in [6.07, 6.45) is 2.88. The third kappa shape index (κ3) is 3.94. The summed E-state index contributed by atoms with van der Waals surface area (Å²) in [5, 5.41) is 8.35. The summed E-state index contributed by atoms with van der Waals surface area (Å²) in [6.45, 7) is 1.75. The summed E-state index contributed by atoms with van der Waals surface area (Å²) >= 11 is 0. The smallest absolute Gasteiger partial charge is 0.320 e. The van der Waals surface area contributed by atoms with Crippen LogP contribution in [0.2, 0.25) is 0 Å². The zero-order chi connectivity index (χ0) is 11.5. The Kier molecular flexibility index (Phi) is 3.25. The fraction of sp³-hybridized carbons (Fsp3) is 0.250. The van der Waals surface area contributed by atoms with E-state index in [-0.39, 0.29) is 5.69 Å². The number of nitrogens with zero attached hydrogens (tertiary/aromatic N) is 1. The van der Waals surface area contributed by atoms with Crippen LogP contribution in [0.15, 0.2) is 18.5 Å². The number of rotatable bonds is 4. The first-order valence-corrected chi connectivity index (χ1v) is 5.68. The number of hydrogen-bond acceptors (Lipinski definition) is 4. The second-order valence-corrected chi connectivity index (χ2v) is 4.73.